The van der Waals surface area contributed by atoms with E-state index in [9.17, 15) is 18.3 Å². The van der Waals surface area contributed by atoms with E-state index in [0.717, 1.165) is 16.9 Å². The van der Waals surface area contributed by atoms with E-state index in [1.54, 1.807) is 37.3 Å². The molecule has 0 amide bonds. The number of nitrogens with one attached hydrogen (secondary N) is 3. The zero-order valence-electron chi connectivity index (χ0n) is 19.8. The van der Waals surface area contributed by atoms with Gasteiger partial charge in [-0.05, 0) is 38.5 Å². The van der Waals surface area contributed by atoms with Gasteiger partial charge in [0.1, 0.15) is 16.5 Å². The van der Waals surface area contributed by atoms with Crippen molar-refractivity contribution in [1.82, 2.24) is 15.0 Å². The van der Waals surface area contributed by atoms with Crippen LogP contribution in [0.2, 0.25) is 0 Å². The van der Waals surface area contributed by atoms with Crippen molar-refractivity contribution in [2.45, 2.75) is 38.3 Å². The van der Waals surface area contributed by atoms with Crippen LogP contribution in [-0.2, 0) is 21.1 Å². The summed E-state index contributed by atoms with van der Waals surface area (Å²) in [5, 5.41) is 19.0. The number of ether oxygens (including phenoxy) is 1. The van der Waals surface area contributed by atoms with Crippen molar-refractivity contribution in [3.63, 3.8) is 0 Å². The highest BCUT2D eigenvalue weighted by molar-refractivity contribution is 7.90. The van der Waals surface area contributed by atoms with Crippen LogP contribution in [0.15, 0.2) is 35.2 Å². The summed E-state index contributed by atoms with van der Waals surface area (Å²) in [7, 11) is -3.26. The molecule has 35 heavy (non-hydrogen) atoms. The summed E-state index contributed by atoms with van der Waals surface area (Å²) in [6.45, 7) is 6.96. The molecule has 188 valence electrons. The predicted molar refractivity (Wildman–Crippen MR) is 136 cm³/mol. The van der Waals surface area contributed by atoms with Gasteiger partial charge >= 0.3 is 5.97 Å². The maximum Gasteiger partial charge on any atom is 0.347 e. The lowest BCUT2D eigenvalue weighted by molar-refractivity contribution is 0.0701. The molecule has 0 atom stereocenters. The van der Waals surface area contributed by atoms with Crippen LogP contribution >= 0.6 is 11.3 Å². The summed E-state index contributed by atoms with van der Waals surface area (Å²) in [5.74, 6) is 0.240. The van der Waals surface area contributed by atoms with Gasteiger partial charge in [-0.15, -0.1) is 0 Å². The van der Waals surface area contributed by atoms with Crippen molar-refractivity contribution in [2.24, 2.45) is 0 Å². The van der Waals surface area contributed by atoms with Crippen molar-refractivity contribution in [2.75, 3.05) is 35.4 Å². The first kappa shape index (κ1) is 26.3. The number of carboxylic acid groups (broad SMARTS) is 1. The molecular weight excluding hydrogens is 492 g/mol. The third-order valence-electron chi connectivity index (χ3n) is 4.62. The number of carbonyl (C=O) groups is 1. The molecule has 1 aromatic carbocycles. The molecule has 2 heterocycles. The number of aromatic nitrogens is 3. The van der Waals surface area contributed by atoms with Gasteiger partial charge in [-0.1, -0.05) is 23.5 Å². The van der Waals surface area contributed by atoms with Gasteiger partial charge in [0.05, 0.1) is 23.3 Å². The maximum absolute atomic E-state index is 11.7. The SMILES string of the molecule is Cc1nc(Nc2nc(NCCOC(C)C)cc(NCc3ccc(S(C)(=O)=O)cc3)n2)sc1C(=O)O. The molecule has 3 rings (SSSR count). The number of aryl methyl sites for hydroxylation is 1. The topological polar surface area (TPSA) is 155 Å². The summed E-state index contributed by atoms with van der Waals surface area (Å²) in [6, 6.07) is 8.33. The van der Waals surface area contributed by atoms with E-state index in [2.05, 4.69) is 30.9 Å². The number of aromatic carboxylic acids is 1. The van der Waals surface area contributed by atoms with Crippen LogP contribution in [0.4, 0.5) is 22.7 Å². The van der Waals surface area contributed by atoms with Crippen molar-refractivity contribution < 1.29 is 23.1 Å². The average Bonchev–Trinajstić information content (AvgIpc) is 3.15. The molecule has 0 aliphatic carbocycles. The number of sulfone groups is 1. The fourth-order valence-corrected chi connectivity index (χ4v) is 4.38. The van der Waals surface area contributed by atoms with Crippen LogP contribution in [-0.4, -0.2) is 60.0 Å². The first-order valence-corrected chi connectivity index (χ1v) is 13.5. The number of carboxylic acids is 1. The van der Waals surface area contributed by atoms with E-state index in [0.29, 0.717) is 42.2 Å². The maximum atomic E-state index is 11.7. The van der Waals surface area contributed by atoms with Crippen LogP contribution in [0.25, 0.3) is 0 Å². The highest BCUT2D eigenvalue weighted by Gasteiger charge is 2.15. The van der Waals surface area contributed by atoms with Gasteiger partial charge in [-0.3, -0.25) is 5.32 Å². The Balaban J connectivity index is 1.77. The summed E-state index contributed by atoms with van der Waals surface area (Å²) in [6.07, 6.45) is 1.28. The molecule has 0 aliphatic heterocycles. The molecule has 0 unspecified atom stereocenters. The monoisotopic (exact) mass is 520 g/mol. The van der Waals surface area contributed by atoms with E-state index in [1.807, 2.05) is 13.8 Å². The standard InChI is InChI=1S/C22H28N6O5S2/c1-13(2)33-10-9-23-17-11-18(24-12-15-5-7-16(8-6-15)35(4,31)32)27-21(26-17)28-22-25-14(3)19(34-22)20(29)30/h5-8,11,13H,9-10,12H2,1-4H3,(H,29,30)(H3,23,24,25,26,27,28). The Kier molecular flexibility index (Phi) is 8.59. The lowest BCUT2D eigenvalue weighted by Crippen LogP contribution is -2.15. The summed E-state index contributed by atoms with van der Waals surface area (Å²) >= 11 is 1.00. The summed E-state index contributed by atoms with van der Waals surface area (Å²) < 4.78 is 28.9. The first-order chi connectivity index (χ1) is 16.5. The van der Waals surface area contributed by atoms with Crippen molar-refractivity contribution in [1.29, 1.82) is 0 Å². The lowest BCUT2D eigenvalue weighted by atomic mass is 10.2. The van der Waals surface area contributed by atoms with Gasteiger partial charge in [0.15, 0.2) is 15.0 Å². The smallest absolute Gasteiger partial charge is 0.347 e. The van der Waals surface area contributed by atoms with Gasteiger partial charge in [0.25, 0.3) is 0 Å². The Bertz CT molecular complexity index is 1280. The largest absolute Gasteiger partial charge is 0.477 e. The Morgan fingerprint density at radius 2 is 1.77 bits per heavy atom. The number of nitrogens with zero attached hydrogens (tertiary/aromatic N) is 3. The fraction of sp³-hybridized carbons (Fsp3) is 0.364. The van der Waals surface area contributed by atoms with Crippen LogP contribution in [0.5, 0.6) is 0 Å². The lowest BCUT2D eigenvalue weighted by Gasteiger charge is -2.13. The second kappa shape index (κ2) is 11.4. The van der Waals surface area contributed by atoms with Crippen LogP contribution in [0, 0.1) is 6.92 Å². The molecule has 3 aromatic rings. The average molecular weight is 521 g/mol. The molecule has 2 aromatic heterocycles. The Labute approximate surface area is 207 Å². The summed E-state index contributed by atoms with van der Waals surface area (Å²) in [4.78, 5) is 24.9. The van der Waals surface area contributed by atoms with Gasteiger partial charge in [-0.2, -0.15) is 9.97 Å². The van der Waals surface area contributed by atoms with E-state index < -0.39 is 15.8 Å². The van der Waals surface area contributed by atoms with Gasteiger partial charge < -0.3 is 20.5 Å². The molecule has 0 saturated heterocycles. The normalized spacial score (nSPS) is 11.5. The van der Waals surface area contributed by atoms with Gasteiger partial charge in [-0.25, -0.2) is 18.2 Å². The number of hydrogen-bond acceptors (Lipinski definition) is 11. The molecular formula is C22H28N6O5S2. The fourth-order valence-electron chi connectivity index (χ4n) is 2.95. The minimum absolute atomic E-state index is 0.113. The van der Waals surface area contributed by atoms with Crippen LogP contribution in [0.1, 0.15) is 34.8 Å². The van der Waals surface area contributed by atoms with Crippen LogP contribution < -0.4 is 16.0 Å². The van der Waals surface area contributed by atoms with Crippen molar-refractivity contribution in [3.8, 4) is 0 Å². The molecule has 0 radical (unpaired) electrons. The third-order valence-corrected chi connectivity index (χ3v) is 6.81. The molecule has 0 saturated carbocycles. The number of thiazole rings is 1. The van der Waals surface area contributed by atoms with E-state index >= 15 is 0 Å². The quantitative estimate of drug-likeness (QED) is 0.259. The highest BCUT2D eigenvalue weighted by atomic mass is 32.2. The van der Waals surface area contributed by atoms with E-state index in [1.165, 1.54) is 6.26 Å². The first-order valence-electron chi connectivity index (χ1n) is 10.8. The minimum Gasteiger partial charge on any atom is -0.477 e. The third kappa shape index (κ3) is 7.87. The summed E-state index contributed by atoms with van der Waals surface area (Å²) in [5.41, 5.74) is 1.27. The second-order valence-corrected chi connectivity index (χ2v) is 11.0. The molecule has 4 N–H and O–H groups in total. The zero-order valence-corrected chi connectivity index (χ0v) is 21.5. The predicted octanol–water partition coefficient (Wildman–Crippen LogP) is 3.54. The molecule has 0 fully saturated rings. The molecule has 0 bridgehead atoms. The van der Waals surface area contributed by atoms with Gasteiger partial charge in [0, 0.05) is 25.4 Å². The molecule has 13 heteroatoms. The molecule has 0 spiro atoms. The number of anilines is 4. The van der Waals surface area contributed by atoms with E-state index in [-0.39, 0.29) is 21.8 Å². The zero-order chi connectivity index (χ0) is 25.6. The van der Waals surface area contributed by atoms with Crippen molar-refractivity contribution >= 4 is 49.9 Å². The molecule has 11 nitrogen and oxygen atoms in total. The minimum atomic E-state index is -3.26. The van der Waals surface area contributed by atoms with Gasteiger partial charge in [0.2, 0.25) is 5.95 Å². The Morgan fingerprint density at radius 1 is 1.11 bits per heavy atom. The second-order valence-electron chi connectivity index (χ2n) is 7.94. The number of benzene rings is 1. The van der Waals surface area contributed by atoms with Crippen LogP contribution in [0.3, 0.4) is 0 Å². The Morgan fingerprint density at radius 3 is 2.34 bits per heavy atom. The number of rotatable bonds is 12. The Hall–Kier alpha value is -3.29. The molecule has 0 aliphatic rings. The highest BCUT2D eigenvalue weighted by Crippen LogP contribution is 2.26. The van der Waals surface area contributed by atoms with Crippen molar-refractivity contribution in [3.05, 3.63) is 46.5 Å². The van der Waals surface area contributed by atoms with E-state index in [4.69, 9.17) is 4.74 Å². The number of hydrogen-bond donors (Lipinski definition) is 4.